The summed E-state index contributed by atoms with van der Waals surface area (Å²) < 4.78 is 5.42. The zero-order chi connectivity index (χ0) is 20.2. The van der Waals surface area contributed by atoms with Crippen molar-refractivity contribution in [2.75, 3.05) is 36.5 Å². The van der Waals surface area contributed by atoms with E-state index in [9.17, 15) is 9.59 Å². The Kier molecular flexibility index (Phi) is 5.81. The Morgan fingerprint density at radius 1 is 1.00 bits per heavy atom. The summed E-state index contributed by atoms with van der Waals surface area (Å²) in [4.78, 5) is 27.3. The lowest BCUT2D eigenvalue weighted by Gasteiger charge is -2.30. The van der Waals surface area contributed by atoms with E-state index in [4.69, 9.17) is 4.74 Å². The number of carbonyl (C=O) groups is 2. The molecule has 1 heterocycles. The van der Waals surface area contributed by atoms with Crippen molar-refractivity contribution in [3.05, 3.63) is 59.7 Å². The summed E-state index contributed by atoms with van der Waals surface area (Å²) >= 11 is 0. The van der Waals surface area contributed by atoms with Crippen LogP contribution >= 0.6 is 0 Å². The summed E-state index contributed by atoms with van der Waals surface area (Å²) in [5, 5.41) is 5.98. The van der Waals surface area contributed by atoms with Gasteiger partial charge in [-0.25, -0.2) is 0 Å². The highest BCUT2D eigenvalue weighted by Gasteiger charge is 2.48. The minimum atomic E-state index is -0.259. The van der Waals surface area contributed by atoms with E-state index in [0.29, 0.717) is 26.2 Å². The maximum atomic E-state index is 12.7. The van der Waals surface area contributed by atoms with Gasteiger partial charge in [0, 0.05) is 19.6 Å². The monoisotopic (exact) mass is 393 g/mol. The molecule has 1 saturated carbocycles. The number of rotatable bonds is 6. The van der Waals surface area contributed by atoms with E-state index in [1.54, 1.807) is 0 Å². The second-order valence-electron chi connectivity index (χ2n) is 7.76. The number of hydrogen-bond acceptors (Lipinski definition) is 4. The average Bonchev–Trinajstić information content (AvgIpc) is 3.55. The summed E-state index contributed by atoms with van der Waals surface area (Å²) in [5.74, 6) is -0.629. The summed E-state index contributed by atoms with van der Waals surface area (Å²) in [5.41, 5.74) is 4.05. The third-order valence-corrected chi connectivity index (χ3v) is 5.57. The summed E-state index contributed by atoms with van der Waals surface area (Å²) in [6.45, 7) is 5.51. The number of benzene rings is 2. The van der Waals surface area contributed by atoms with Crippen LogP contribution in [0, 0.1) is 18.8 Å². The van der Waals surface area contributed by atoms with E-state index in [1.165, 1.54) is 5.56 Å². The van der Waals surface area contributed by atoms with Crippen LogP contribution in [-0.4, -0.2) is 38.1 Å². The normalized spacial score (nSPS) is 20.8. The number of para-hydroxylation sites is 2. The van der Waals surface area contributed by atoms with Crippen molar-refractivity contribution in [2.45, 2.75) is 19.9 Å². The van der Waals surface area contributed by atoms with E-state index in [0.717, 1.165) is 30.0 Å². The lowest BCUT2D eigenvalue weighted by molar-refractivity contribution is -0.125. The van der Waals surface area contributed by atoms with Gasteiger partial charge in [0.25, 0.3) is 0 Å². The molecule has 0 spiro atoms. The zero-order valence-electron chi connectivity index (χ0n) is 16.7. The Bertz CT molecular complexity index is 875. The second kappa shape index (κ2) is 8.66. The van der Waals surface area contributed by atoms with Gasteiger partial charge in [0.15, 0.2) is 0 Å². The standard InChI is InChI=1S/C23H27N3O3/c1-16-6-8-17(9-7-16)15-24-22(27)18-14-19(18)23(28)25-20-4-2-3-5-21(20)26-10-12-29-13-11-26/h2-9,18-19H,10-15H2,1H3,(H,24,27)(H,25,28). The van der Waals surface area contributed by atoms with Gasteiger partial charge in [-0.15, -0.1) is 0 Å². The van der Waals surface area contributed by atoms with Crippen LogP contribution in [0.5, 0.6) is 0 Å². The Morgan fingerprint density at radius 2 is 1.69 bits per heavy atom. The molecule has 1 aliphatic carbocycles. The molecule has 0 radical (unpaired) electrons. The lowest BCUT2D eigenvalue weighted by atomic mass is 10.1. The van der Waals surface area contributed by atoms with Crippen molar-refractivity contribution in [3.8, 4) is 0 Å². The molecule has 2 unspecified atom stereocenters. The first-order valence-electron chi connectivity index (χ1n) is 10.2. The van der Waals surface area contributed by atoms with Gasteiger partial charge in [-0.3, -0.25) is 9.59 Å². The number of nitrogens with zero attached hydrogens (tertiary/aromatic N) is 1. The molecular formula is C23H27N3O3. The molecule has 2 N–H and O–H groups in total. The maximum Gasteiger partial charge on any atom is 0.228 e. The van der Waals surface area contributed by atoms with Gasteiger partial charge in [-0.05, 0) is 31.0 Å². The Balaban J connectivity index is 1.31. The molecule has 1 saturated heterocycles. The number of ether oxygens (including phenoxy) is 1. The third-order valence-electron chi connectivity index (χ3n) is 5.57. The van der Waals surface area contributed by atoms with Gasteiger partial charge in [-0.2, -0.15) is 0 Å². The quantitative estimate of drug-likeness (QED) is 0.792. The predicted molar refractivity (Wildman–Crippen MR) is 113 cm³/mol. The minimum Gasteiger partial charge on any atom is -0.378 e. The van der Waals surface area contributed by atoms with E-state index in [2.05, 4.69) is 15.5 Å². The molecule has 2 aromatic carbocycles. The van der Waals surface area contributed by atoms with Crippen molar-refractivity contribution in [2.24, 2.45) is 11.8 Å². The molecule has 2 aromatic rings. The first kappa shape index (κ1) is 19.5. The van der Waals surface area contributed by atoms with Crippen LogP contribution in [0.1, 0.15) is 17.5 Å². The van der Waals surface area contributed by atoms with Crippen molar-refractivity contribution in [3.63, 3.8) is 0 Å². The number of hydrogen-bond donors (Lipinski definition) is 2. The predicted octanol–water partition coefficient (Wildman–Crippen LogP) is 2.72. The highest BCUT2D eigenvalue weighted by molar-refractivity contribution is 6.01. The van der Waals surface area contributed by atoms with Crippen LogP contribution in [0.25, 0.3) is 0 Å². The van der Waals surface area contributed by atoms with Gasteiger partial charge in [0.05, 0.1) is 36.4 Å². The minimum absolute atomic E-state index is 0.0489. The van der Waals surface area contributed by atoms with Crippen LogP contribution in [0.15, 0.2) is 48.5 Å². The highest BCUT2D eigenvalue weighted by atomic mass is 16.5. The zero-order valence-corrected chi connectivity index (χ0v) is 16.7. The molecule has 2 fully saturated rings. The lowest BCUT2D eigenvalue weighted by Crippen LogP contribution is -2.36. The SMILES string of the molecule is Cc1ccc(CNC(=O)C2CC2C(=O)Nc2ccccc2N2CCOCC2)cc1. The number of carbonyl (C=O) groups excluding carboxylic acids is 2. The molecule has 0 bridgehead atoms. The van der Waals surface area contributed by atoms with Crippen molar-refractivity contribution in [1.29, 1.82) is 0 Å². The number of nitrogens with one attached hydrogen (secondary N) is 2. The number of morpholine rings is 1. The smallest absolute Gasteiger partial charge is 0.228 e. The number of aryl methyl sites for hydroxylation is 1. The molecule has 152 valence electrons. The summed E-state index contributed by atoms with van der Waals surface area (Å²) in [7, 11) is 0. The third kappa shape index (κ3) is 4.77. The van der Waals surface area contributed by atoms with Gasteiger partial charge < -0.3 is 20.3 Å². The molecule has 2 aliphatic rings. The molecule has 1 aliphatic heterocycles. The van der Waals surface area contributed by atoms with Gasteiger partial charge in [0.2, 0.25) is 11.8 Å². The molecule has 6 nitrogen and oxygen atoms in total. The fourth-order valence-electron chi connectivity index (χ4n) is 3.69. The largest absolute Gasteiger partial charge is 0.378 e. The van der Waals surface area contributed by atoms with E-state index in [-0.39, 0.29) is 23.7 Å². The topological polar surface area (TPSA) is 70.7 Å². The van der Waals surface area contributed by atoms with Crippen LogP contribution in [-0.2, 0) is 20.9 Å². The summed E-state index contributed by atoms with van der Waals surface area (Å²) in [6.07, 6.45) is 0.602. The molecule has 29 heavy (non-hydrogen) atoms. The Labute approximate surface area is 171 Å². The van der Waals surface area contributed by atoms with Crippen molar-refractivity contribution >= 4 is 23.2 Å². The summed E-state index contributed by atoms with van der Waals surface area (Å²) in [6, 6.07) is 15.9. The number of amides is 2. The highest BCUT2D eigenvalue weighted by Crippen LogP contribution is 2.40. The van der Waals surface area contributed by atoms with Gasteiger partial charge >= 0.3 is 0 Å². The number of anilines is 2. The average molecular weight is 393 g/mol. The van der Waals surface area contributed by atoms with E-state index >= 15 is 0 Å². The van der Waals surface area contributed by atoms with E-state index in [1.807, 2.05) is 55.5 Å². The fourth-order valence-corrected chi connectivity index (χ4v) is 3.69. The molecular weight excluding hydrogens is 366 g/mol. The molecule has 6 heteroatoms. The second-order valence-corrected chi connectivity index (χ2v) is 7.76. The van der Waals surface area contributed by atoms with Crippen molar-refractivity contribution < 1.29 is 14.3 Å². The van der Waals surface area contributed by atoms with E-state index < -0.39 is 0 Å². The molecule has 2 amide bonds. The van der Waals surface area contributed by atoms with Gasteiger partial charge in [-0.1, -0.05) is 42.0 Å². The molecule has 0 aromatic heterocycles. The van der Waals surface area contributed by atoms with Crippen LogP contribution in [0.4, 0.5) is 11.4 Å². The Morgan fingerprint density at radius 3 is 2.45 bits per heavy atom. The first-order chi connectivity index (χ1) is 14.1. The van der Waals surface area contributed by atoms with Crippen LogP contribution in [0.2, 0.25) is 0 Å². The molecule has 4 rings (SSSR count). The first-order valence-corrected chi connectivity index (χ1v) is 10.2. The van der Waals surface area contributed by atoms with Crippen LogP contribution < -0.4 is 15.5 Å². The van der Waals surface area contributed by atoms with Gasteiger partial charge in [0.1, 0.15) is 0 Å². The fraction of sp³-hybridized carbons (Fsp3) is 0.391. The maximum absolute atomic E-state index is 12.7. The molecule has 2 atom stereocenters. The Hall–Kier alpha value is -2.86. The van der Waals surface area contributed by atoms with Crippen molar-refractivity contribution in [1.82, 2.24) is 5.32 Å². The van der Waals surface area contributed by atoms with Crippen LogP contribution in [0.3, 0.4) is 0 Å².